The fraction of sp³-hybridized carbons (Fsp3) is 0.278. The maximum absolute atomic E-state index is 12.3. The number of para-hydroxylation sites is 1. The zero-order valence-electron chi connectivity index (χ0n) is 13.9. The second-order valence-electron chi connectivity index (χ2n) is 5.93. The molecule has 2 aromatic carbocycles. The molecule has 2 aromatic rings. The first kappa shape index (κ1) is 17.2. The Morgan fingerprint density at radius 2 is 1.78 bits per heavy atom. The summed E-state index contributed by atoms with van der Waals surface area (Å²) in [6, 6.07) is 13.1. The fourth-order valence-corrected chi connectivity index (χ4v) is 2.82. The van der Waals surface area contributed by atoms with Crippen molar-refractivity contribution in [3.63, 3.8) is 0 Å². The third kappa shape index (κ3) is 5.21. The topological polar surface area (TPSA) is 58.5 Å². The molecule has 0 saturated heterocycles. The molecule has 0 fully saturated rings. The predicted molar refractivity (Wildman–Crippen MR) is 96.8 cm³/mol. The Morgan fingerprint density at radius 3 is 2.43 bits per heavy atom. The number of nitrogens with zero attached hydrogens (tertiary/aromatic N) is 1. The number of amides is 1. The van der Waals surface area contributed by atoms with Crippen molar-refractivity contribution in [1.29, 1.82) is 0 Å². The van der Waals surface area contributed by atoms with E-state index in [0.29, 0.717) is 17.8 Å². The molecular formula is C18H22N2O2S. The van der Waals surface area contributed by atoms with E-state index in [1.165, 1.54) is 11.1 Å². The summed E-state index contributed by atoms with van der Waals surface area (Å²) in [6.07, 6.45) is 3.43. The fourth-order valence-electron chi connectivity index (χ4n) is 2.19. The van der Waals surface area contributed by atoms with Gasteiger partial charge in [-0.3, -0.25) is 4.79 Å². The number of benzene rings is 2. The van der Waals surface area contributed by atoms with Gasteiger partial charge in [-0.15, -0.1) is 0 Å². The highest BCUT2D eigenvalue weighted by Gasteiger charge is 2.08. The molecule has 1 amide bonds. The summed E-state index contributed by atoms with van der Waals surface area (Å²) in [6.45, 7) is 4.08. The number of carbonyl (C=O) groups excluding carboxylic acids is 1. The van der Waals surface area contributed by atoms with Crippen LogP contribution in [0.15, 0.2) is 46.8 Å². The van der Waals surface area contributed by atoms with E-state index in [-0.39, 0.29) is 5.91 Å². The number of aryl methyl sites for hydroxylation is 2. The lowest BCUT2D eigenvalue weighted by atomic mass is 10.0. The van der Waals surface area contributed by atoms with Gasteiger partial charge in [0.05, 0.1) is 17.8 Å². The molecular weight excluding hydrogens is 308 g/mol. The summed E-state index contributed by atoms with van der Waals surface area (Å²) < 4.78 is 16.1. The van der Waals surface area contributed by atoms with E-state index in [1.807, 2.05) is 44.2 Å². The zero-order valence-corrected chi connectivity index (χ0v) is 14.7. The lowest BCUT2D eigenvalue weighted by molar-refractivity contribution is -0.115. The van der Waals surface area contributed by atoms with Crippen molar-refractivity contribution in [1.82, 2.24) is 0 Å². The first-order valence-electron chi connectivity index (χ1n) is 7.37. The molecule has 122 valence electrons. The Balaban J connectivity index is 2.18. The molecule has 0 heterocycles. The van der Waals surface area contributed by atoms with Gasteiger partial charge < -0.3 is 5.32 Å². The Morgan fingerprint density at radius 1 is 1.09 bits per heavy atom. The third-order valence-corrected chi connectivity index (χ3v) is 4.07. The van der Waals surface area contributed by atoms with E-state index in [1.54, 1.807) is 24.6 Å². The highest BCUT2D eigenvalue weighted by molar-refractivity contribution is 7.92. The summed E-state index contributed by atoms with van der Waals surface area (Å²) in [5.74, 6) is -0.116. The second-order valence-corrected chi connectivity index (χ2v) is 8.48. The van der Waals surface area contributed by atoms with Crippen molar-refractivity contribution in [3.05, 3.63) is 59.2 Å². The van der Waals surface area contributed by atoms with E-state index < -0.39 is 9.73 Å². The maximum atomic E-state index is 12.3. The normalized spacial score (nSPS) is 11.1. The van der Waals surface area contributed by atoms with Crippen LogP contribution >= 0.6 is 0 Å². The standard InChI is InChI=1S/C18H22N2O2S/c1-13-9-10-15(11-14(13)2)12-18(21)19-16-7-5-6-8-17(16)20-23(3,4)22/h5-11H,12H2,1-4H3,(H,19,21). The molecule has 0 aliphatic heterocycles. The minimum atomic E-state index is -2.28. The van der Waals surface area contributed by atoms with Crippen LogP contribution in [-0.2, 0) is 20.9 Å². The van der Waals surface area contributed by atoms with Crippen LogP contribution in [0.1, 0.15) is 16.7 Å². The smallest absolute Gasteiger partial charge is 0.228 e. The van der Waals surface area contributed by atoms with Gasteiger partial charge in [0.25, 0.3) is 0 Å². The van der Waals surface area contributed by atoms with E-state index >= 15 is 0 Å². The van der Waals surface area contributed by atoms with Gasteiger partial charge in [0.1, 0.15) is 0 Å². The lowest BCUT2D eigenvalue weighted by Crippen LogP contribution is -2.14. The Kier molecular flexibility index (Phi) is 5.21. The molecule has 1 N–H and O–H groups in total. The van der Waals surface area contributed by atoms with E-state index in [2.05, 4.69) is 9.68 Å². The molecule has 0 atom stereocenters. The largest absolute Gasteiger partial charge is 0.324 e. The molecule has 2 rings (SSSR count). The number of rotatable bonds is 4. The zero-order chi connectivity index (χ0) is 17.0. The Bertz CT molecular complexity index is 842. The first-order valence-corrected chi connectivity index (χ1v) is 9.70. The number of carbonyl (C=O) groups is 1. The van der Waals surface area contributed by atoms with Crippen molar-refractivity contribution < 1.29 is 9.00 Å². The van der Waals surface area contributed by atoms with Crippen LogP contribution in [0.4, 0.5) is 11.4 Å². The molecule has 23 heavy (non-hydrogen) atoms. The van der Waals surface area contributed by atoms with Crippen LogP contribution in [0.25, 0.3) is 0 Å². The molecule has 0 saturated carbocycles. The molecule has 0 radical (unpaired) electrons. The van der Waals surface area contributed by atoms with Gasteiger partial charge in [0, 0.05) is 22.2 Å². The van der Waals surface area contributed by atoms with Gasteiger partial charge in [0.15, 0.2) is 0 Å². The van der Waals surface area contributed by atoms with Crippen molar-refractivity contribution in [3.8, 4) is 0 Å². The molecule has 0 bridgehead atoms. The maximum Gasteiger partial charge on any atom is 0.228 e. The number of nitrogens with one attached hydrogen (secondary N) is 1. The summed E-state index contributed by atoms with van der Waals surface area (Å²) in [7, 11) is -2.28. The highest BCUT2D eigenvalue weighted by atomic mass is 32.2. The van der Waals surface area contributed by atoms with Crippen LogP contribution in [0.3, 0.4) is 0 Å². The van der Waals surface area contributed by atoms with Crippen LogP contribution in [0.2, 0.25) is 0 Å². The minimum absolute atomic E-state index is 0.116. The molecule has 0 aliphatic rings. The van der Waals surface area contributed by atoms with Crippen LogP contribution in [-0.4, -0.2) is 22.6 Å². The third-order valence-electron chi connectivity index (χ3n) is 3.43. The van der Waals surface area contributed by atoms with Crippen LogP contribution < -0.4 is 5.32 Å². The summed E-state index contributed by atoms with van der Waals surface area (Å²) in [5.41, 5.74) is 4.46. The van der Waals surface area contributed by atoms with E-state index in [9.17, 15) is 9.00 Å². The second kappa shape index (κ2) is 6.96. The van der Waals surface area contributed by atoms with Crippen molar-refractivity contribution in [2.24, 2.45) is 4.36 Å². The van der Waals surface area contributed by atoms with Gasteiger partial charge in [-0.2, -0.15) is 4.36 Å². The van der Waals surface area contributed by atoms with E-state index in [0.717, 1.165) is 5.56 Å². The molecule has 5 heteroatoms. The molecule has 0 aromatic heterocycles. The van der Waals surface area contributed by atoms with Crippen LogP contribution in [0.5, 0.6) is 0 Å². The number of anilines is 1. The Hall–Kier alpha value is -2.14. The highest BCUT2D eigenvalue weighted by Crippen LogP contribution is 2.25. The van der Waals surface area contributed by atoms with Gasteiger partial charge >= 0.3 is 0 Å². The van der Waals surface area contributed by atoms with Crippen molar-refractivity contribution >= 4 is 27.0 Å². The van der Waals surface area contributed by atoms with Gasteiger partial charge in [-0.05, 0) is 42.7 Å². The first-order chi connectivity index (χ1) is 10.7. The number of hydrogen-bond acceptors (Lipinski definition) is 3. The van der Waals surface area contributed by atoms with Crippen molar-refractivity contribution in [2.45, 2.75) is 20.3 Å². The molecule has 0 spiro atoms. The average Bonchev–Trinajstić information content (AvgIpc) is 2.43. The lowest BCUT2D eigenvalue weighted by Gasteiger charge is -2.09. The van der Waals surface area contributed by atoms with Gasteiger partial charge in [-0.1, -0.05) is 30.3 Å². The van der Waals surface area contributed by atoms with E-state index in [4.69, 9.17) is 0 Å². The molecule has 4 nitrogen and oxygen atoms in total. The van der Waals surface area contributed by atoms with Gasteiger partial charge in [-0.25, -0.2) is 4.21 Å². The number of hydrogen-bond donors (Lipinski definition) is 1. The summed E-state index contributed by atoms with van der Waals surface area (Å²) in [5, 5.41) is 2.86. The Labute approximate surface area is 138 Å². The van der Waals surface area contributed by atoms with Crippen molar-refractivity contribution in [2.75, 3.05) is 17.8 Å². The predicted octanol–water partition coefficient (Wildman–Crippen LogP) is 3.84. The van der Waals surface area contributed by atoms with Gasteiger partial charge in [0.2, 0.25) is 5.91 Å². The molecule has 0 unspecified atom stereocenters. The average molecular weight is 330 g/mol. The minimum Gasteiger partial charge on any atom is -0.324 e. The quantitative estimate of drug-likeness (QED) is 0.926. The summed E-state index contributed by atoms with van der Waals surface area (Å²) >= 11 is 0. The summed E-state index contributed by atoms with van der Waals surface area (Å²) in [4.78, 5) is 12.3. The monoisotopic (exact) mass is 330 g/mol. The SMILES string of the molecule is Cc1ccc(CC(=O)Nc2ccccc2N=S(C)(C)=O)cc1C. The van der Waals surface area contributed by atoms with Crippen LogP contribution in [0, 0.1) is 13.8 Å². The molecule has 0 aliphatic carbocycles.